The smallest absolute Gasteiger partial charge is 0.168 e. The van der Waals surface area contributed by atoms with Gasteiger partial charge in [0.1, 0.15) is 0 Å². The van der Waals surface area contributed by atoms with Crippen molar-refractivity contribution in [3.8, 4) is 0 Å². The van der Waals surface area contributed by atoms with Gasteiger partial charge in [0.25, 0.3) is 0 Å². The Hall–Kier alpha value is -1.52. The largest absolute Gasteiger partial charge is 0.317 e. The molecular weight excluding hydrogens is 272 g/mol. The van der Waals surface area contributed by atoms with E-state index in [-0.39, 0.29) is 0 Å². The third-order valence-electron chi connectivity index (χ3n) is 3.44. The highest BCUT2D eigenvalue weighted by atomic mass is 32.2. The highest BCUT2D eigenvalue weighted by Gasteiger charge is 2.32. The van der Waals surface area contributed by atoms with Crippen LogP contribution in [0.1, 0.15) is 5.56 Å². The van der Waals surface area contributed by atoms with Gasteiger partial charge in [-0.15, -0.1) is 11.3 Å². The Labute approximate surface area is 120 Å². The first-order valence-corrected chi connectivity index (χ1v) is 7.91. The zero-order chi connectivity index (χ0) is 12.8. The molecule has 2 aliphatic rings. The van der Waals surface area contributed by atoms with Gasteiger partial charge in [0, 0.05) is 27.1 Å². The van der Waals surface area contributed by atoms with Crippen LogP contribution in [0.5, 0.6) is 0 Å². The number of nitrogens with zero attached hydrogens (tertiary/aromatic N) is 2. The molecule has 0 unspecified atom stereocenters. The first kappa shape index (κ1) is 11.3. The van der Waals surface area contributed by atoms with Crippen molar-refractivity contribution in [3.05, 3.63) is 52.8 Å². The molecule has 4 heteroatoms. The zero-order valence-corrected chi connectivity index (χ0v) is 11.9. The Morgan fingerprint density at radius 3 is 3.16 bits per heavy atom. The molecule has 0 fully saturated rings. The second-order valence-electron chi connectivity index (χ2n) is 4.47. The van der Waals surface area contributed by atoms with Gasteiger partial charge < -0.3 is 4.90 Å². The third kappa shape index (κ3) is 1.60. The Balaban J connectivity index is 1.97. The summed E-state index contributed by atoms with van der Waals surface area (Å²) in [6.07, 6.45) is 1.95. The van der Waals surface area contributed by atoms with E-state index in [1.807, 2.05) is 6.08 Å². The molecule has 0 bridgehead atoms. The second kappa shape index (κ2) is 4.25. The normalized spacial score (nSPS) is 18.1. The van der Waals surface area contributed by atoms with Crippen molar-refractivity contribution in [3.63, 3.8) is 0 Å². The number of amidine groups is 1. The van der Waals surface area contributed by atoms with Crippen LogP contribution in [-0.4, -0.2) is 23.2 Å². The van der Waals surface area contributed by atoms with Gasteiger partial charge in [-0.3, -0.25) is 4.99 Å². The summed E-state index contributed by atoms with van der Waals surface area (Å²) in [5.74, 6) is 0. The highest BCUT2D eigenvalue weighted by Crippen LogP contribution is 2.44. The number of benzene rings is 1. The van der Waals surface area contributed by atoms with Gasteiger partial charge in [-0.05, 0) is 29.3 Å². The number of thiophene rings is 1. The van der Waals surface area contributed by atoms with Gasteiger partial charge in [0.05, 0.1) is 12.2 Å². The highest BCUT2D eigenvalue weighted by molar-refractivity contribution is 8.17. The van der Waals surface area contributed by atoms with Crippen molar-refractivity contribution in [2.75, 3.05) is 13.1 Å². The summed E-state index contributed by atoms with van der Waals surface area (Å²) in [6, 6.07) is 8.73. The van der Waals surface area contributed by atoms with Crippen molar-refractivity contribution >= 4 is 44.0 Å². The van der Waals surface area contributed by atoms with Gasteiger partial charge in [-0.1, -0.05) is 24.8 Å². The molecule has 0 radical (unpaired) electrons. The fraction of sp³-hybridized carbons (Fsp3) is 0.133. The fourth-order valence-corrected chi connectivity index (χ4v) is 4.48. The van der Waals surface area contributed by atoms with E-state index < -0.39 is 0 Å². The van der Waals surface area contributed by atoms with Crippen molar-refractivity contribution in [1.29, 1.82) is 0 Å². The lowest BCUT2D eigenvalue weighted by atomic mass is 10.1. The van der Waals surface area contributed by atoms with Crippen LogP contribution < -0.4 is 0 Å². The van der Waals surface area contributed by atoms with E-state index in [0.29, 0.717) is 0 Å². The summed E-state index contributed by atoms with van der Waals surface area (Å²) in [6.45, 7) is 5.84. The lowest BCUT2D eigenvalue weighted by Gasteiger charge is -2.17. The van der Waals surface area contributed by atoms with Crippen LogP contribution >= 0.6 is 23.1 Å². The van der Waals surface area contributed by atoms with Gasteiger partial charge in [-0.2, -0.15) is 0 Å². The number of hydrogen-bond acceptors (Lipinski definition) is 4. The molecule has 0 amide bonds. The van der Waals surface area contributed by atoms with Crippen LogP contribution in [0.4, 0.5) is 0 Å². The van der Waals surface area contributed by atoms with Gasteiger partial charge in [0.2, 0.25) is 0 Å². The number of fused-ring (bicyclic) bond motifs is 2. The molecular formula is C15H12N2S2. The first-order chi connectivity index (χ1) is 9.38. The van der Waals surface area contributed by atoms with E-state index in [1.54, 1.807) is 23.1 Å². The molecule has 1 aromatic carbocycles. The molecule has 0 N–H and O–H groups in total. The molecule has 19 heavy (non-hydrogen) atoms. The molecule has 0 aliphatic carbocycles. The minimum absolute atomic E-state index is 0.899. The van der Waals surface area contributed by atoms with Crippen molar-refractivity contribution < 1.29 is 0 Å². The number of aliphatic imine (C=N–C) groups is 1. The van der Waals surface area contributed by atoms with Crippen molar-refractivity contribution in [2.45, 2.75) is 0 Å². The zero-order valence-electron chi connectivity index (χ0n) is 10.3. The topological polar surface area (TPSA) is 15.6 Å². The van der Waals surface area contributed by atoms with E-state index in [0.717, 1.165) is 18.3 Å². The van der Waals surface area contributed by atoms with Crippen molar-refractivity contribution in [1.82, 2.24) is 4.90 Å². The van der Waals surface area contributed by atoms with Crippen LogP contribution in [0.25, 0.3) is 15.8 Å². The molecule has 1 aromatic heterocycles. The van der Waals surface area contributed by atoms with E-state index in [9.17, 15) is 0 Å². The molecule has 2 aliphatic heterocycles. The molecule has 0 saturated heterocycles. The van der Waals surface area contributed by atoms with Crippen molar-refractivity contribution in [2.24, 2.45) is 4.99 Å². The van der Waals surface area contributed by atoms with Crippen LogP contribution in [0.2, 0.25) is 0 Å². The van der Waals surface area contributed by atoms with Gasteiger partial charge in [0.15, 0.2) is 5.17 Å². The number of allylic oxidation sites excluding steroid dienone is 1. The number of thioether (sulfide) groups is 1. The van der Waals surface area contributed by atoms with E-state index >= 15 is 0 Å². The number of rotatable bonds is 2. The number of hydrogen-bond donors (Lipinski definition) is 0. The maximum Gasteiger partial charge on any atom is 0.168 e. The Morgan fingerprint density at radius 1 is 1.32 bits per heavy atom. The lowest BCUT2D eigenvalue weighted by Crippen LogP contribution is -2.20. The maximum absolute atomic E-state index is 4.56. The summed E-state index contributed by atoms with van der Waals surface area (Å²) in [5.41, 5.74) is 2.58. The van der Waals surface area contributed by atoms with Crippen LogP contribution in [0.3, 0.4) is 0 Å². The summed E-state index contributed by atoms with van der Waals surface area (Å²) < 4.78 is 1.34. The Bertz CT molecular complexity index is 739. The summed E-state index contributed by atoms with van der Waals surface area (Å²) in [4.78, 5) is 8.11. The molecule has 4 rings (SSSR count). The van der Waals surface area contributed by atoms with Crippen LogP contribution in [-0.2, 0) is 0 Å². The molecule has 2 aromatic rings. The molecule has 0 spiro atoms. The molecule has 94 valence electrons. The predicted molar refractivity (Wildman–Crippen MR) is 85.5 cm³/mol. The van der Waals surface area contributed by atoms with E-state index in [4.69, 9.17) is 0 Å². The predicted octanol–water partition coefficient (Wildman–Crippen LogP) is 4.17. The quantitative estimate of drug-likeness (QED) is 0.822. The fourth-order valence-electron chi connectivity index (χ4n) is 2.62. The van der Waals surface area contributed by atoms with Gasteiger partial charge in [-0.25, -0.2) is 0 Å². The van der Waals surface area contributed by atoms with E-state index in [1.165, 1.54) is 26.3 Å². The average molecular weight is 284 g/mol. The molecule has 3 heterocycles. The maximum atomic E-state index is 4.56. The Morgan fingerprint density at radius 2 is 2.26 bits per heavy atom. The van der Waals surface area contributed by atoms with E-state index in [2.05, 4.69) is 46.1 Å². The molecule has 0 saturated carbocycles. The standard InChI is InChI=1S/C15H12N2S2/c1-2-12-14(17-8-7-16-15(17)19-12)11-4-3-5-13-10(11)6-9-18-13/h2-6,9H,1,7-8H2. The summed E-state index contributed by atoms with van der Waals surface area (Å²) >= 11 is 3.53. The molecule has 2 nitrogen and oxygen atoms in total. The summed E-state index contributed by atoms with van der Waals surface area (Å²) in [5, 5.41) is 4.61. The average Bonchev–Trinajstić information content (AvgIpc) is 3.12. The minimum atomic E-state index is 0.899. The second-order valence-corrected chi connectivity index (χ2v) is 6.43. The lowest BCUT2D eigenvalue weighted by molar-refractivity contribution is 0.649. The molecule has 0 atom stereocenters. The van der Waals surface area contributed by atoms with Crippen LogP contribution in [0.15, 0.2) is 52.2 Å². The monoisotopic (exact) mass is 284 g/mol. The minimum Gasteiger partial charge on any atom is -0.317 e. The third-order valence-corrected chi connectivity index (χ3v) is 5.44. The van der Waals surface area contributed by atoms with Gasteiger partial charge >= 0.3 is 0 Å². The summed E-state index contributed by atoms with van der Waals surface area (Å²) in [7, 11) is 0. The van der Waals surface area contributed by atoms with Crippen LogP contribution in [0, 0.1) is 0 Å². The Kier molecular flexibility index (Phi) is 2.53. The first-order valence-electron chi connectivity index (χ1n) is 6.21. The SMILES string of the molecule is C=CC1=C(c2cccc3sccc23)N2CCN=C2S1.